The lowest BCUT2D eigenvalue weighted by atomic mass is 10.0. The Morgan fingerprint density at radius 1 is 1.44 bits per heavy atom. The van der Waals surface area contributed by atoms with Gasteiger partial charge in [0.2, 0.25) is 0 Å². The SMILES string of the molecule is O=C(NC1(CBr)CCCC1)c1ccccn1. The predicted octanol–water partition coefficient (Wildman–Crippen LogP) is 2.52. The van der Waals surface area contributed by atoms with Crippen LogP contribution in [0.3, 0.4) is 0 Å². The zero-order valence-corrected chi connectivity index (χ0v) is 10.7. The summed E-state index contributed by atoms with van der Waals surface area (Å²) in [5, 5.41) is 3.93. The molecule has 0 unspecified atom stereocenters. The van der Waals surface area contributed by atoms with Crippen molar-refractivity contribution in [2.24, 2.45) is 0 Å². The molecule has 1 aromatic rings. The van der Waals surface area contributed by atoms with Crippen LogP contribution in [0.5, 0.6) is 0 Å². The van der Waals surface area contributed by atoms with Crippen LogP contribution in [0.1, 0.15) is 36.2 Å². The van der Waals surface area contributed by atoms with E-state index in [0.717, 1.165) is 18.2 Å². The van der Waals surface area contributed by atoms with Gasteiger partial charge in [-0.25, -0.2) is 0 Å². The topological polar surface area (TPSA) is 42.0 Å². The highest BCUT2D eigenvalue weighted by atomic mass is 79.9. The molecule has 0 atom stereocenters. The van der Waals surface area contributed by atoms with Gasteiger partial charge in [-0.3, -0.25) is 9.78 Å². The van der Waals surface area contributed by atoms with E-state index in [4.69, 9.17) is 0 Å². The van der Waals surface area contributed by atoms with Crippen LogP contribution in [0.25, 0.3) is 0 Å². The number of amides is 1. The predicted molar refractivity (Wildman–Crippen MR) is 66.7 cm³/mol. The molecule has 16 heavy (non-hydrogen) atoms. The van der Waals surface area contributed by atoms with Gasteiger partial charge in [0.25, 0.3) is 5.91 Å². The van der Waals surface area contributed by atoms with Gasteiger partial charge in [0.1, 0.15) is 5.69 Å². The second-order valence-electron chi connectivity index (χ2n) is 4.29. The summed E-state index contributed by atoms with van der Waals surface area (Å²) in [6.07, 6.45) is 6.13. The van der Waals surface area contributed by atoms with Gasteiger partial charge in [0.05, 0.1) is 5.54 Å². The Hall–Kier alpha value is -0.900. The third-order valence-electron chi connectivity index (χ3n) is 3.09. The largest absolute Gasteiger partial charge is 0.344 e. The van der Waals surface area contributed by atoms with Gasteiger partial charge in [0, 0.05) is 11.5 Å². The number of carbonyl (C=O) groups is 1. The van der Waals surface area contributed by atoms with E-state index in [-0.39, 0.29) is 11.4 Å². The highest BCUT2D eigenvalue weighted by molar-refractivity contribution is 9.09. The third-order valence-corrected chi connectivity index (χ3v) is 4.17. The maximum atomic E-state index is 12.0. The van der Waals surface area contributed by atoms with Gasteiger partial charge >= 0.3 is 0 Å². The average molecular weight is 283 g/mol. The highest BCUT2D eigenvalue weighted by Crippen LogP contribution is 2.31. The maximum absolute atomic E-state index is 12.0. The summed E-state index contributed by atoms with van der Waals surface area (Å²) in [5.74, 6) is -0.0676. The van der Waals surface area contributed by atoms with E-state index in [1.807, 2.05) is 12.1 Å². The Morgan fingerprint density at radius 2 is 2.19 bits per heavy atom. The van der Waals surface area contributed by atoms with Gasteiger partial charge < -0.3 is 5.32 Å². The number of rotatable bonds is 3. The van der Waals surface area contributed by atoms with Gasteiger partial charge in [-0.1, -0.05) is 34.8 Å². The molecule has 1 heterocycles. The molecule has 1 fully saturated rings. The number of pyridine rings is 1. The number of hydrogen-bond donors (Lipinski definition) is 1. The normalized spacial score (nSPS) is 18.3. The summed E-state index contributed by atoms with van der Waals surface area (Å²) in [4.78, 5) is 16.0. The summed E-state index contributed by atoms with van der Waals surface area (Å²) in [6, 6.07) is 5.39. The zero-order valence-electron chi connectivity index (χ0n) is 9.08. The molecule has 3 nitrogen and oxygen atoms in total. The molecule has 0 aromatic carbocycles. The lowest BCUT2D eigenvalue weighted by Crippen LogP contribution is -2.47. The van der Waals surface area contributed by atoms with E-state index in [2.05, 4.69) is 26.2 Å². The number of hydrogen-bond acceptors (Lipinski definition) is 2. The van der Waals surface area contributed by atoms with Crippen molar-refractivity contribution in [2.45, 2.75) is 31.2 Å². The number of alkyl halides is 1. The quantitative estimate of drug-likeness (QED) is 0.866. The second kappa shape index (κ2) is 4.95. The van der Waals surface area contributed by atoms with Crippen molar-refractivity contribution in [3.05, 3.63) is 30.1 Å². The highest BCUT2D eigenvalue weighted by Gasteiger charge is 2.34. The minimum Gasteiger partial charge on any atom is -0.344 e. The first-order valence-corrected chi connectivity index (χ1v) is 6.67. The molecular weight excluding hydrogens is 268 g/mol. The van der Waals surface area contributed by atoms with Crippen LogP contribution < -0.4 is 5.32 Å². The zero-order chi connectivity index (χ0) is 11.4. The minimum absolute atomic E-state index is 0.0609. The lowest BCUT2D eigenvalue weighted by Gasteiger charge is -2.27. The monoisotopic (exact) mass is 282 g/mol. The number of aromatic nitrogens is 1. The van der Waals surface area contributed by atoms with Crippen LogP contribution in [0.2, 0.25) is 0 Å². The van der Waals surface area contributed by atoms with Crippen molar-refractivity contribution in [1.82, 2.24) is 10.3 Å². The fourth-order valence-corrected chi connectivity index (χ4v) is 2.85. The fourth-order valence-electron chi connectivity index (χ4n) is 2.15. The lowest BCUT2D eigenvalue weighted by molar-refractivity contribution is 0.0905. The molecule has 1 aromatic heterocycles. The van der Waals surface area contributed by atoms with Crippen molar-refractivity contribution in [3.8, 4) is 0 Å². The fraction of sp³-hybridized carbons (Fsp3) is 0.500. The van der Waals surface area contributed by atoms with E-state index in [0.29, 0.717) is 5.69 Å². The summed E-state index contributed by atoms with van der Waals surface area (Å²) >= 11 is 3.50. The first-order chi connectivity index (χ1) is 7.76. The van der Waals surface area contributed by atoms with Crippen molar-refractivity contribution in [3.63, 3.8) is 0 Å². The molecule has 4 heteroatoms. The van der Waals surface area contributed by atoms with Crippen LogP contribution in [-0.4, -0.2) is 21.8 Å². The Balaban J connectivity index is 2.07. The Kier molecular flexibility index (Phi) is 3.59. The number of halogens is 1. The van der Waals surface area contributed by atoms with Crippen molar-refractivity contribution in [2.75, 3.05) is 5.33 Å². The first-order valence-electron chi connectivity index (χ1n) is 5.55. The summed E-state index contributed by atoms with van der Waals surface area (Å²) in [6.45, 7) is 0. The van der Waals surface area contributed by atoms with E-state index in [1.54, 1.807) is 12.3 Å². The summed E-state index contributed by atoms with van der Waals surface area (Å²) in [5.41, 5.74) is 0.434. The number of nitrogens with zero attached hydrogens (tertiary/aromatic N) is 1. The van der Waals surface area contributed by atoms with Gasteiger partial charge in [-0.2, -0.15) is 0 Å². The van der Waals surface area contributed by atoms with Crippen LogP contribution >= 0.6 is 15.9 Å². The first kappa shape index (κ1) is 11.6. The average Bonchev–Trinajstić information content (AvgIpc) is 2.79. The molecule has 1 saturated carbocycles. The molecule has 0 spiro atoms. The molecule has 1 N–H and O–H groups in total. The third kappa shape index (κ3) is 2.43. The molecule has 0 saturated heterocycles. The van der Waals surface area contributed by atoms with Crippen LogP contribution in [0.15, 0.2) is 24.4 Å². The molecule has 0 bridgehead atoms. The van der Waals surface area contributed by atoms with Gasteiger partial charge in [-0.15, -0.1) is 0 Å². The van der Waals surface area contributed by atoms with E-state index in [9.17, 15) is 4.79 Å². The Labute approximate surface area is 104 Å². The van der Waals surface area contributed by atoms with Crippen molar-refractivity contribution < 1.29 is 4.79 Å². The van der Waals surface area contributed by atoms with Crippen molar-refractivity contribution >= 4 is 21.8 Å². The molecule has 0 radical (unpaired) electrons. The van der Waals surface area contributed by atoms with Gasteiger partial charge in [0.15, 0.2) is 0 Å². The number of nitrogens with one attached hydrogen (secondary N) is 1. The standard InChI is InChI=1S/C12H15BrN2O/c13-9-12(6-2-3-7-12)15-11(16)10-5-1-4-8-14-10/h1,4-5,8H,2-3,6-7,9H2,(H,15,16). The smallest absolute Gasteiger partial charge is 0.270 e. The van der Waals surface area contributed by atoms with E-state index in [1.165, 1.54) is 12.8 Å². The maximum Gasteiger partial charge on any atom is 0.270 e. The van der Waals surface area contributed by atoms with Crippen LogP contribution in [0.4, 0.5) is 0 Å². The molecule has 0 aliphatic heterocycles. The molecule has 2 rings (SSSR count). The molecule has 86 valence electrons. The summed E-state index contributed by atoms with van der Waals surface area (Å²) in [7, 11) is 0. The van der Waals surface area contributed by atoms with E-state index < -0.39 is 0 Å². The van der Waals surface area contributed by atoms with Crippen molar-refractivity contribution in [1.29, 1.82) is 0 Å². The molecule has 1 aliphatic carbocycles. The Bertz CT molecular complexity index is 361. The Morgan fingerprint density at radius 3 is 2.75 bits per heavy atom. The van der Waals surface area contributed by atoms with Crippen LogP contribution in [-0.2, 0) is 0 Å². The van der Waals surface area contributed by atoms with E-state index >= 15 is 0 Å². The molecular formula is C12H15BrN2O. The van der Waals surface area contributed by atoms with Crippen LogP contribution in [0, 0.1) is 0 Å². The number of carbonyl (C=O) groups excluding carboxylic acids is 1. The summed E-state index contributed by atoms with van der Waals surface area (Å²) < 4.78 is 0. The second-order valence-corrected chi connectivity index (χ2v) is 4.85. The minimum atomic E-state index is -0.0676. The molecule has 1 aliphatic rings. The molecule has 1 amide bonds. The van der Waals surface area contributed by atoms with Gasteiger partial charge in [-0.05, 0) is 25.0 Å².